The number of aliphatic hydroxyl groups excluding tert-OH is 1. The lowest BCUT2D eigenvalue weighted by Crippen LogP contribution is -2.54. The van der Waals surface area contributed by atoms with E-state index in [1.807, 2.05) is 0 Å². The second kappa shape index (κ2) is 3.21. The van der Waals surface area contributed by atoms with Crippen LogP contribution < -0.4 is 0 Å². The number of hydrogen-bond donors (Lipinski definition) is 1. The van der Waals surface area contributed by atoms with Crippen LogP contribution in [0, 0.1) is 23.7 Å². The van der Waals surface area contributed by atoms with E-state index in [0.29, 0.717) is 5.92 Å². The molecule has 82 valence electrons. The van der Waals surface area contributed by atoms with Gasteiger partial charge in [0.1, 0.15) is 0 Å². The summed E-state index contributed by atoms with van der Waals surface area (Å²) in [7, 11) is 4.65. The lowest BCUT2D eigenvalue weighted by atomic mass is 9.78. The van der Waals surface area contributed by atoms with E-state index in [-0.39, 0.29) is 6.10 Å². The summed E-state index contributed by atoms with van der Waals surface area (Å²) in [6, 6.07) is 0. The highest BCUT2D eigenvalue weighted by molar-refractivity contribution is 4.92. The SMILES string of the molecule is C[C@H]1[C@@H]2C[N+](C)(C)C[C@H](C)[C@@H]2C[C@H]1O. The van der Waals surface area contributed by atoms with Gasteiger partial charge in [-0.1, -0.05) is 13.8 Å². The maximum absolute atomic E-state index is 9.91. The van der Waals surface area contributed by atoms with Crippen molar-refractivity contribution in [2.24, 2.45) is 23.7 Å². The van der Waals surface area contributed by atoms with Crippen LogP contribution in [-0.4, -0.2) is 42.9 Å². The Labute approximate surface area is 87.5 Å². The Balaban J connectivity index is 2.17. The fourth-order valence-electron chi connectivity index (χ4n) is 3.86. The number of piperidine rings is 1. The summed E-state index contributed by atoms with van der Waals surface area (Å²) in [5.74, 6) is 2.83. The zero-order valence-corrected chi connectivity index (χ0v) is 9.90. The van der Waals surface area contributed by atoms with Crippen molar-refractivity contribution in [3.05, 3.63) is 0 Å². The van der Waals surface area contributed by atoms with E-state index in [2.05, 4.69) is 27.9 Å². The van der Waals surface area contributed by atoms with Crippen LogP contribution in [0.5, 0.6) is 0 Å². The van der Waals surface area contributed by atoms with Crippen molar-refractivity contribution in [2.45, 2.75) is 26.4 Å². The quantitative estimate of drug-likeness (QED) is 0.583. The number of nitrogens with zero attached hydrogens (tertiary/aromatic N) is 1. The Morgan fingerprint density at radius 3 is 2.36 bits per heavy atom. The fourth-order valence-corrected chi connectivity index (χ4v) is 3.86. The molecule has 0 amide bonds. The second-order valence-corrected chi connectivity index (χ2v) is 6.27. The monoisotopic (exact) mass is 198 g/mol. The zero-order chi connectivity index (χ0) is 10.5. The predicted octanol–water partition coefficient (Wildman–Crippen LogP) is 1.35. The summed E-state index contributed by atoms with van der Waals surface area (Å²) < 4.78 is 1.14. The van der Waals surface area contributed by atoms with Gasteiger partial charge < -0.3 is 9.59 Å². The van der Waals surface area contributed by atoms with Crippen LogP contribution in [0.3, 0.4) is 0 Å². The van der Waals surface area contributed by atoms with E-state index in [1.165, 1.54) is 13.1 Å². The molecule has 1 heterocycles. The first kappa shape index (κ1) is 10.4. The van der Waals surface area contributed by atoms with Crippen LogP contribution in [0.25, 0.3) is 0 Å². The minimum atomic E-state index is -0.0365. The summed E-state index contributed by atoms with van der Waals surface area (Å²) in [4.78, 5) is 0. The molecule has 1 saturated heterocycles. The number of rotatable bonds is 0. The van der Waals surface area contributed by atoms with Gasteiger partial charge in [0.2, 0.25) is 0 Å². The van der Waals surface area contributed by atoms with Crippen LogP contribution in [0.4, 0.5) is 0 Å². The van der Waals surface area contributed by atoms with Crippen molar-refractivity contribution in [1.82, 2.24) is 0 Å². The summed E-state index contributed by atoms with van der Waals surface area (Å²) in [6.45, 7) is 7.13. The zero-order valence-electron chi connectivity index (χ0n) is 9.90. The summed E-state index contributed by atoms with van der Waals surface area (Å²) >= 11 is 0. The van der Waals surface area contributed by atoms with Crippen molar-refractivity contribution in [3.63, 3.8) is 0 Å². The normalized spacial score (nSPS) is 51.6. The third-order valence-corrected chi connectivity index (χ3v) is 4.56. The van der Waals surface area contributed by atoms with Crippen molar-refractivity contribution in [1.29, 1.82) is 0 Å². The minimum Gasteiger partial charge on any atom is -0.393 e. The third-order valence-electron chi connectivity index (χ3n) is 4.56. The Bertz CT molecular complexity index is 226. The molecule has 2 fully saturated rings. The Morgan fingerprint density at radius 2 is 1.71 bits per heavy atom. The van der Waals surface area contributed by atoms with E-state index < -0.39 is 0 Å². The molecule has 2 heteroatoms. The molecule has 2 nitrogen and oxygen atoms in total. The third kappa shape index (κ3) is 1.59. The first-order valence-corrected chi connectivity index (χ1v) is 5.91. The lowest BCUT2D eigenvalue weighted by Gasteiger charge is -2.44. The Morgan fingerprint density at radius 1 is 1.07 bits per heavy atom. The first-order valence-electron chi connectivity index (χ1n) is 5.91. The predicted molar refractivity (Wildman–Crippen MR) is 57.8 cm³/mol. The molecule has 1 aliphatic heterocycles. The summed E-state index contributed by atoms with van der Waals surface area (Å²) in [6.07, 6.45) is 1.01. The smallest absolute Gasteiger partial charge is 0.0817 e. The largest absolute Gasteiger partial charge is 0.393 e. The second-order valence-electron chi connectivity index (χ2n) is 6.27. The standard InChI is InChI=1S/C12H24NO/c1-8-6-13(3,4)7-11-9(2)12(14)5-10(8)11/h8-12,14H,5-7H2,1-4H3/q+1/t8-,9-,10-,11-,12+/m0/s1. The maximum atomic E-state index is 9.91. The number of quaternary nitrogens is 1. The van der Waals surface area contributed by atoms with Gasteiger partial charge in [0.25, 0.3) is 0 Å². The minimum absolute atomic E-state index is 0.0365. The number of likely N-dealkylation sites (tertiary alicyclic amines) is 1. The molecule has 0 aromatic heterocycles. The van der Waals surface area contributed by atoms with Crippen molar-refractivity contribution < 1.29 is 9.59 Å². The molecule has 1 N–H and O–H groups in total. The van der Waals surface area contributed by atoms with Gasteiger partial charge in [-0.3, -0.25) is 0 Å². The van der Waals surface area contributed by atoms with Crippen LogP contribution in [0.15, 0.2) is 0 Å². The molecule has 1 saturated carbocycles. The Hall–Kier alpha value is -0.0800. The number of aliphatic hydroxyl groups is 1. The average molecular weight is 198 g/mol. The van der Waals surface area contributed by atoms with Crippen molar-refractivity contribution >= 4 is 0 Å². The van der Waals surface area contributed by atoms with E-state index >= 15 is 0 Å². The van der Waals surface area contributed by atoms with E-state index in [0.717, 1.165) is 28.7 Å². The van der Waals surface area contributed by atoms with Gasteiger partial charge in [-0.05, 0) is 18.3 Å². The molecule has 0 aromatic rings. The van der Waals surface area contributed by atoms with Crippen LogP contribution in [0.2, 0.25) is 0 Å². The molecular formula is C12H24NO+. The molecule has 0 aromatic carbocycles. The van der Waals surface area contributed by atoms with Gasteiger partial charge in [0.05, 0.1) is 33.3 Å². The maximum Gasteiger partial charge on any atom is 0.0817 e. The van der Waals surface area contributed by atoms with Gasteiger partial charge in [0.15, 0.2) is 0 Å². The number of hydrogen-bond acceptors (Lipinski definition) is 1. The van der Waals surface area contributed by atoms with Gasteiger partial charge in [-0.25, -0.2) is 0 Å². The molecule has 2 rings (SSSR count). The van der Waals surface area contributed by atoms with E-state index in [4.69, 9.17) is 0 Å². The topological polar surface area (TPSA) is 20.2 Å². The molecule has 1 aliphatic carbocycles. The molecule has 0 spiro atoms. The highest BCUT2D eigenvalue weighted by atomic mass is 16.3. The molecule has 0 unspecified atom stereocenters. The molecule has 5 atom stereocenters. The van der Waals surface area contributed by atoms with E-state index in [1.54, 1.807) is 0 Å². The summed E-state index contributed by atoms with van der Waals surface area (Å²) in [5.41, 5.74) is 0. The van der Waals surface area contributed by atoms with Gasteiger partial charge in [-0.2, -0.15) is 0 Å². The van der Waals surface area contributed by atoms with Gasteiger partial charge in [-0.15, -0.1) is 0 Å². The van der Waals surface area contributed by atoms with Gasteiger partial charge in [0, 0.05) is 11.8 Å². The molecule has 2 aliphatic rings. The molecule has 0 radical (unpaired) electrons. The average Bonchev–Trinajstić information content (AvgIpc) is 2.30. The first-order chi connectivity index (χ1) is 6.41. The fraction of sp³-hybridized carbons (Fsp3) is 1.00. The van der Waals surface area contributed by atoms with Crippen molar-refractivity contribution in [3.8, 4) is 0 Å². The van der Waals surface area contributed by atoms with Crippen LogP contribution in [0.1, 0.15) is 20.3 Å². The lowest BCUT2D eigenvalue weighted by molar-refractivity contribution is -0.904. The molecule has 0 bridgehead atoms. The van der Waals surface area contributed by atoms with Crippen LogP contribution >= 0.6 is 0 Å². The number of fused-ring (bicyclic) bond motifs is 1. The van der Waals surface area contributed by atoms with Crippen molar-refractivity contribution in [2.75, 3.05) is 27.2 Å². The highest BCUT2D eigenvalue weighted by Gasteiger charge is 2.49. The Kier molecular flexibility index (Phi) is 2.39. The van der Waals surface area contributed by atoms with Gasteiger partial charge >= 0.3 is 0 Å². The summed E-state index contributed by atoms with van der Waals surface area (Å²) in [5, 5.41) is 9.91. The van der Waals surface area contributed by atoms with Crippen LogP contribution in [-0.2, 0) is 0 Å². The highest BCUT2D eigenvalue weighted by Crippen LogP contribution is 2.45. The molecular weight excluding hydrogens is 174 g/mol. The van der Waals surface area contributed by atoms with E-state index in [9.17, 15) is 5.11 Å². The molecule has 14 heavy (non-hydrogen) atoms.